The van der Waals surface area contributed by atoms with Crippen LogP contribution in [-0.4, -0.2) is 39.3 Å². The number of fused-ring (bicyclic) bond motifs is 3. The Balaban J connectivity index is 1.09. The predicted octanol–water partition coefficient (Wildman–Crippen LogP) is 5.17. The van der Waals surface area contributed by atoms with E-state index in [1.807, 2.05) is 48.5 Å². The van der Waals surface area contributed by atoms with Gasteiger partial charge in [-0.05, 0) is 99.0 Å². The van der Waals surface area contributed by atoms with E-state index in [4.69, 9.17) is 4.74 Å². The highest BCUT2D eigenvalue weighted by atomic mass is 16.5. The summed E-state index contributed by atoms with van der Waals surface area (Å²) in [6, 6.07) is 20.9. The second kappa shape index (κ2) is 9.30. The van der Waals surface area contributed by atoms with Crippen LogP contribution >= 0.6 is 0 Å². The first-order chi connectivity index (χ1) is 18.2. The van der Waals surface area contributed by atoms with Crippen molar-refractivity contribution in [1.29, 1.82) is 0 Å². The number of hydrogen-bond acceptors (Lipinski definition) is 5. The van der Waals surface area contributed by atoms with E-state index in [9.17, 15) is 4.79 Å². The van der Waals surface area contributed by atoms with Gasteiger partial charge in [0.25, 0.3) is 5.91 Å². The van der Waals surface area contributed by atoms with Crippen LogP contribution in [0.25, 0.3) is 22.2 Å². The molecule has 4 atom stereocenters. The van der Waals surface area contributed by atoms with Crippen LogP contribution in [0.3, 0.4) is 0 Å². The number of aromatic amines is 1. The van der Waals surface area contributed by atoms with Crippen LogP contribution in [0.5, 0.6) is 5.75 Å². The SMILES string of the molecule is O=C(N[C@H](c1ccccn1)C1CC1)c1ccc2[nH]nc(-c3ccc(OC4C[C@H]5CC[C@@H](C4)N5)cc3)c2c1. The Morgan fingerprint density at radius 1 is 0.973 bits per heavy atom. The second-order valence-electron chi connectivity index (χ2n) is 10.7. The molecule has 3 N–H and O–H groups in total. The Morgan fingerprint density at radius 3 is 2.51 bits per heavy atom. The van der Waals surface area contributed by atoms with E-state index in [1.165, 1.54) is 12.8 Å². The molecule has 0 radical (unpaired) electrons. The third kappa shape index (κ3) is 4.60. The highest BCUT2D eigenvalue weighted by Crippen LogP contribution is 2.40. The van der Waals surface area contributed by atoms with Crippen molar-refractivity contribution in [3.8, 4) is 17.0 Å². The van der Waals surface area contributed by atoms with Crippen LogP contribution in [-0.2, 0) is 0 Å². The fourth-order valence-corrected chi connectivity index (χ4v) is 6.01. The molecule has 188 valence electrons. The van der Waals surface area contributed by atoms with Gasteiger partial charge in [0, 0.05) is 34.8 Å². The zero-order valence-electron chi connectivity index (χ0n) is 20.7. The maximum atomic E-state index is 13.3. The molecule has 7 nitrogen and oxygen atoms in total. The molecule has 3 aliphatic rings. The highest BCUT2D eigenvalue weighted by Gasteiger charge is 2.35. The molecule has 2 aliphatic heterocycles. The van der Waals surface area contributed by atoms with Crippen LogP contribution in [0.1, 0.15) is 60.6 Å². The summed E-state index contributed by atoms with van der Waals surface area (Å²) in [5, 5.41) is 15.5. The number of rotatable bonds is 7. The number of ether oxygens (including phenoxy) is 1. The zero-order valence-corrected chi connectivity index (χ0v) is 20.7. The van der Waals surface area contributed by atoms with Crippen molar-refractivity contribution in [3.05, 3.63) is 78.1 Å². The monoisotopic (exact) mass is 493 g/mol. The smallest absolute Gasteiger partial charge is 0.251 e. The lowest BCUT2D eigenvalue weighted by atomic mass is 10.0. The summed E-state index contributed by atoms with van der Waals surface area (Å²) in [5.41, 5.74) is 4.27. The maximum absolute atomic E-state index is 13.3. The fourth-order valence-electron chi connectivity index (χ4n) is 6.01. The Hall–Kier alpha value is -3.71. The zero-order chi connectivity index (χ0) is 24.8. The normalized spacial score (nSPS) is 23.6. The molecule has 4 heterocycles. The number of carbonyl (C=O) groups is 1. The number of piperidine rings is 1. The maximum Gasteiger partial charge on any atom is 0.251 e. The molecule has 0 spiro atoms. The van der Waals surface area contributed by atoms with Gasteiger partial charge >= 0.3 is 0 Å². The number of hydrogen-bond donors (Lipinski definition) is 3. The molecule has 2 saturated heterocycles. The second-order valence-corrected chi connectivity index (χ2v) is 10.7. The van der Waals surface area contributed by atoms with Crippen molar-refractivity contribution < 1.29 is 9.53 Å². The topological polar surface area (TPSA) is 91.9 Å². The van der Waals surface area contributed by atoms with Crippen molar-refractivity contribution in [2.24, 2.45) is 5.92 Å². The molecule has 2 aromatic carbocycles. The van der Waals surface area contributed by atoms with E-state index in [2.05, 4.69) is 37.9 Å². The average molecular weight is 494 g/mol. The minimum absolute atomic E-state index is 0.0594. The number of H-pyrrole nitrogens is 1. The number of pyridine rings is 1. The Kier molecular flexibility index (Phi) is 5.65. The van der Waals surface area contributed by atoms with Crippen LogP contribution < -0.4 is 15.4 Å². The number of carbonyl (C=O) groups excluding carboxylic acids is 1. The lowest BCUT2D eigenvalue weighted by Gasteiger charge is -2.29. The van der Waals surface area contributed by atoms with Gasteiger partial charge in [-0.15, -0.1) is 0 Å². The quantitative estimate of drug-likeness (QED) is 0.330. The minimum atomic E-state index is -0.0868. The minimum Gasteiger partial charge on any atom is -0.490 e. The molecule has 3 fully saturated rings. The van der Waals surface area contributed by atoms with Crippen LogP contribution in [0.2, 0.25) is 0 Å². The van der Waals surface area contributed by atoms with Gasteiger partial charge in [-0.1, -0.05) is 6.07 Å². The summed E-state index contributed by atoms with van der Waals surface area (Å²) >= 11 is 0. The van der Waals surface area contributed by atoms with Crippen LogP contribution in [0.15, 0.2) is 66.9 Å². The average Bonchev–Trinajstić information content (AvgIpc) is 3.60. The van der Waals surface area contributed by atoms with Gasteiger partial charge in [0.05, 0.1) is 22.9 Å². The van der Waals surface area contributed by atoms with E-state index in [0.29, 0.717) is 23.6 Å². The number of nitrogens with zero attached hydrogens (tertiary/aromatic N) is 2. The molecular formula is C30H31N5O2. The van der Waals surface area contributed by atoms with E-state index in [-0.39, 0.29) is 18.1 Å². The van der Waals surface area contributed by atoms with Crippen molar-refractivity contribution in [2.75, 3.05) is 0 Å². The standard InChI is InChI=1S/C30H31N5O2/c36-30(33-29(19-4-5-19)27-3-1-2-14-31-27)20-8-13-26-25(15-20)28(35-34-26)18-6-11-23(12-7-18)37-24-16-21-9-10-22(17-24)32-21/h1-3,6-8,11-15,19,21-22,24,29,32H,4-5,9-10,16-17H2,(H,33,36)(H,34,35)/t21-,22+,24?,29-/m0/s1. The summed E-state index contributed by atoms with van der Waals surface area (Å²) in [7, 11) is 0. The van der Waals surface area contributed by atoms with Crippen molar-refractivity contribution in [1.82, 2.24) is 25.8 Å². The summed E-state index contributed by atoms with van der Waals surface area (Å²) in [6.07, 6.45) is 8.98. The molecule has 1 unspecified atom stereocenters. The molecular weight excluding hydrogens is 462 g/mol. The van der Waals surface area contributed by atoms with Crippen molar-refractivity contribution in [3.63, 3.8) is 0 Å². The number of amides is 1. The summed E-state index contributed by atoms with van der Waals surface area (Å²) in [4.78, 5) is 17.8. The summed E-state index contributed by atoms with van der Waals surface area (Å²) in [6.45, 7) is 0. The number of benzene rings is 2. The lowest BCUT2D eigenvalue weighted by Crippen LogP contribution is -2.42. The Labute approximate surface area is 216 Å². The molecule has 7 heteroatoms. The molecule has 1 amide bonds. The first-order valence-electron chi connectivity index (χ1n) is 13.4. The Morgan fingerprint density at radius 2 is 1.78 bits per heavy atom. The van der Waals surface area contributed by atoms with Gasteiger partial charge in [0.15, 0.2) is 0 Å². The van der Waals surface area contributed by atoms with Crippen LogP contribution in [0.4, 0.5) is 0 Å². The molecule has 1 aliphatic carbocycles. The third-order valence-electron chi connectivity index (χ3n) is 8.07. The first kappa shape index (κ1) is 22.5. The number of nitrogens with one attached hydrogen (secondary N) is 3. The van der Waals surface area contributed by atoms with E-state index >= 15 is 0 Å². The van der Waals surface area contributed by atoms with E-state index in [1.54, 1.807) is 6.20 Å². The molecule has 4 aromatic rings. The number of aromatic nitrogens is 3. The molecule has 7 rings (SSSR count). The van der Waals surface area contributed by atoms with Crippen molar-refractivity contribution in [2.45, 2.75) is 62.8 Å². The molecule has 2 aromatic heterocycles. The first-order valence-corrected chi connectivity index (χ1v) is 13.4. The van der Waals surface area contributed by atoms with Gasteiger partial charge < -0.3 is 15.4 Å². The van der Waals surface area contributed by atoms with Gasteiger partial charge in [-0.2, -0.15) is 5.10 Å². The molecule has 2 bridgehead atoms. The van der Waals surface area contributed by atoms with Gasteiger partial charge in [-0.3, -0.25) is 14.9 Å². The Bertz CT molecular complexity index is 1400. The molecule has 1 saturated carbocycles. The lowest BCUT2D eigenvalue weighted by molar-refractivity contribution is 0.0930. The van der Waals surface area contributed by atoms with E-state index < -0.39 is 0 Å². The highest BCUT2D eigenvalue weighted by molar-refractivity contribution is 6.01. The molecule has 37 heavy (non-hydrogen) atoms. The van der Waals surface area contributed by atoms with Gasteiger partial charge in [0.2, 0.25) is 0 Å². The van der Waals surface area contributed by atoms with E-state index in [0.717, 1.165) is 59.3 Å². The van der Waals surface area contributed by atoms with Crippen LogP contribution in [0, 0.1) is 5.92 Å². The largest absolute Gasteiger partial charge is 0.490 e. The van der Waals surface area contributed by atoms with Gasteiger partial charge in [-0.25, -0.2) is 0 Å². The fraction of sp³-hybridized carbons (Fsp3) is 0.367. The third-order valence-corrected chi connectivity index (χ3v) is 8.07. The predicted molar refractivity (Wildman–Crippen MR) is 142 cm³/mol. The van der Waals surface area contributed by atoms with Gasteiger partial charge in [0.1, 0.15) is 11.9 Å². The summed E-state index contributed by atoms with van der Waals surface area (Å²) in [5.74, 6) is 1.26. The van der Waals surface area contributed by atoms with Crippen molar-refractivity contribution >= 4 is 16.8 Å². The summed E-state index contributed by atoms with van der Waals surface area (Å²) < 4.78 is 6.32.